The number of nitrogens with one attached hydrogen (secondary N) is 2. The van der Waals surface area contributed by atoms with Gasteiger partial charge >= 0.3 is 0 Å². The number of rotatable bonds is 4. The summed E-state index contributed by atoms with van der Waals surface area (Å²) >= 11 is 0. The molecule has 0 aromatic carbocycles. The van der Waals surface area contributed by atoms with Crippen LogP contribution in [0.1, 0.15) is 64.2 Å². The maximum absolute atomic E-state index is 12.1. The highest BCUT2D eigenvalue weighted by Gasteiger charge is 2.34. The van der Waals surface area contributed by atoms with E-state index in [-0.39, 0.29) is 0 Å². The molecule has 2 aliphatic heterocycles. The zero-order chi connectivity index (χ0) is 13.1. The summed E-state index contributed by atoms with van der Waals surface area (Å²) in [5, 5.41) is 6.84. The summed E-state index contributed by atoms with van der Waals surface area (Å²) in [6.07, 6.45) is 12.6. The Labute approximate surface area is 116 Å². The number of carbonyl (C=O) groups excluding carboxylic acids is 1. The highest BCUT2D eigenvalue weighted by Crippen LogP contribution is 2.32. The zero-order valence-electron chi connectivity index (χ0n) is 12.0. The van der Waals surface area contributed by atoms with Crippen LogP contribution >= 0.6 is 0 Å². The van der Waals surface area contributed by atoms with Crippen molar-refractivity contribution in [3.05, 3.63) is 0 Å². The summed E-state index contributed by atoms with van der Waals surface area (Å²) in [7, 11) is 0. The van der Waals surface area contributed by atoms with Crippen LogP contribution in [0.25, 0.3) is 0 Å². The summed E-state index contributed by atoms with van der Waals surface area (Å²) in [6, 6.07) is 1.41. The first-order chi connectivity index (χ1) is 9.29. The molecular weight excluding hydrogens is 236 g/mol. The van der Waals surface area contributed by atoms with Crippen LogP contribution in [0.2, 0.25) is 0 Å². The molecule has 19 heavy (non-hydrogen) atoms. The second-order valence-electron chi connectivity index (χ2n) is 6.99. The molecule has 1 aliphatic carbocycles. The minimum absolute atomic E-state index is 0.303. The monoisotopic (exact) mass is 264 g/mol. The minimum atomic E-state index is 0.303. The Morgan fingerprint density at radius 2 is 1.63 bits per heavy atom. The molecule has 108 valence electrons. The van der Waals surface area contributed by atoms with E-state index in [1.165, 1.54) is 57.8 Å². The molecule has 2 N–H and O–H groups in total. The number of hydrogen-bond acceptors (Lipinski definition) is 2. The molecule has 3 heteroatoms. The minimum Gasteiger partial charge on any atom is -0.356 e. The first-order valence-electron chi connectivity index (χ1n) is 8.32. The van der Waals surface area contributed by atoms with Gasteiger partial charge in [-0.15, -0.1) is 0 Å². The Balaban J connectivity index is 1.36. The van der Waals surface area contributed by atoms with Gasteiger partial charge in [0.15, 0.2) is 0 Å². The number of hydrogen-bond donors (Lipinski definition) is 2. The highest BCUT2D eigenvalue weighted by molar-refractivity contribution is 5.76. The molecule has 0 aromatic rings. The lowest BCUT2D eigenvalue weighted by Crippen LogP contribution is -2.40. The van der Waals surface area contributed by atoms with Crippen molar-refractivity contribution in [2.45, 2.75) is 76.3 Å². The van der Waals surface area contributed by atoms with Gasteiger partial charge in [-0.05, 0) is 50.4 Å². The van der Waals surface area contributed by atoms with Crippen molar-refractivity contribution in [1.29, 1.82) is 0 Å². The summed E-state index contributed by atoms with van der Waals surface area (Å²) in [4.78, 5) is 12.1. The quantitative estimate of drug-likeness (QED) is 0.819. The molecule has 1 amide bonds. The molecular formula is C16H28N2O. The van der Waals surface area contributed by atoms with Crippen LogP contribution in [-0.2, 0) is 4.79 Å². The topological polar surface area (TPSA) is 41.1 Å². The van der Waals surface area contributed by atoms with Gasteiger partial charge in [0, 0.05) is 25.0 Å². The van der Waals surface area contributed by atoms with Crippen LogP contribution in [0.4, 0.5) is 0 Å². The Hall–Kier alpha value is -0.570. The predicted octanol–water partition coefficient (Wildman–Crippen LogP) is 2.60. The Kier molecular flexibility index (Phi) is 4.42. The maximum atomic E-state index is 12.1. The van der Waals surface area contributed by atoms with Crippen molar-refractivity contribution in [3.8, 4) is 0 Å². The van der Waals surface area contributed by atoms with Gasteiger partial charge in [-0.3, -0.25) is 4.79 Å². The van der Waals surface area contributed by atoms with Crippen LogP contribution in [0.15, 0.2) is 0 Å². The normalized spacial score (nSPS) is 35.3. The second kappa shape index (κ2) is 6.25. The van der Waals surface area contributed by atoms with Gasteiger partial charge in [-0.2, -0.15) is 0 Å². The summed E-state index contributed by atoms with van der Waals surface area (Å²) in [6.45, 7) is 0.927. The molecule has 3 nitrogen and oxygen atoms in total. The molecule has 2 saturated heterocycles. The molecule has 0 spiro atoms. The van der Waals surface area contributed by atoms with Crippen LogP contribution in [0.3, 0.4) is 0 Å². The number of piperidine rings is 1. The standard InChI is InChI=1S/C16H28N2O/c19-16(17-11-12-4-2-1-3-5-12)10-13-8-14-6-7-15(9-13)18-14/h12-15,18H,1-11H2,(H,17,19). The van der Waals surface area contributed by atoms with E-state index in [1.54, 1.807) is 0 Å². The molecule has 2 atom stereocenters. The smallest absolute Gasteiger partial charge is 0.220 e. The van der Waals surface area contributed by atoms with Gasteiger partial charge in [0.05, 0.1) is 0 Å². The summed E-state index contributed by atoms with van der Waals surface area (Å²) < 4.78 is 0. The van der Waals surface area contributed by atoms with Crippen LogP contribution in [-0.4, -0.2) is 24.5 Å². The SMILES string of the molecule is O=C(CC1CC2CCC(C1)N2)NCC1CCCCC1. The fraction of sp³-hybridized carbons (Fsp3) is 0.938. The van der Waals surface area contributed by atoms with E-state index in [2.05, 4.69) is 10.6 Å². The fourth-order valence-corrected chi connectivity index (χ4v) is 4.33. The molecule has 0 aromatic heterocycles. The molecule has 2 heterocycles. The second-order valence-corrected chi connectivity index (χ2v) is 6.99. The van der Waals surface area contributed by atoms with E-state index in [9.17, 15) is 4.79 Å². The van der Waals surface area contributed by atoms with Gasteiger partial charge in [-0.25, -0.2) is 0 Å². The van der Waals surface area contributed by atoms with Crippen molar-refractivity contribution in [1.82, 2.24) is 10.6 Å². The number of carbonyl (C=O) groups is 1. The van der Waals surface area contributed by atoms with E-state index in [0.717, 1.165) is 18.9 Å². The first-order valence-corrected chi connectivity index (χ1v) is 8.32. The third-order valence-electron chi connectivity index (χ3n) is 5.36. The van der Waals surface area contributed by atoms with Gasteiger partial charge in [0.1, 0.15) is 0 Å². The molecule has 3 rings (SSSR count). The lowest BCUT2D eigenvalue weighted by Gasteiger charge is -2.29. The molecule has 2 unspecified atom stereocenters. The average molecular weight is 264 g/mol. The summed E-state index contributed by atoms with van der Waals surface area (Å²) in [5.74, 6) is 1.68. The lowest BCUT2D eigenvalue weighted by atomic mass is 9.88. The van der Waals surface area contributed by atoms with Crippen LogP contribution in [0, 0.1) is 11.8 Å². The zero-order valence-corrected chi connectivity index (χ0v) is 12.0. The van der Waals surface area contributed by atoms with Crippen molar-refractivity contribution >= 4 is 5.91 Å². The molecule has 3 fully saturated rings. The molecule has 1 saturated carbocycles. The van der Waals surface area contributed by atoms with Crippen LogP contribution < -0.4 is 10.6 Å². The Morgan fingerprint density at radius 1 is 0.947 bits per heavy atom. The average Bonchev–Trinajstić information content (AvgIpc) is 2.77. The highest BCUT2D eigenvalue weighted by atomic mass is 16.1. The van der Waals surface area contributed by atoms with Gasteiger partial charge in [0.25, 0.3) is 0 Å². The van der Waals surface area contributed by atoms with E-state index < -0.39 is 0 Å². The van der Waals surface area contributed by atoms with Crippen LogP contribution in [0.5, 0.6) is 0 Å². The van der Waals surface area contributed by atoms with E-state index in [0.29, 0.717) is 23.9 Å². The molecule has 3 aliphatic rings. The molecule has 2 bridgehead atoms. The van der Waals surface area contributed by atoms with Gasteiger partial charge in [0.2, 0.25) is 5.91 Å². The van der Waals surface area contributed by atoms with Crippen molar-refractivity contribution in [3.63, 3.8) is 0 Å². The van der Waals surface area contributed by atoms with Gasteiger partial charge in [-0.1, -0.05) is 19.3 Å². The Morgan fingerprint density at radius 3 is 2.32 bits per heavy atom. The fourth-order valence-electron chi connectivity index (χ4n) is 4.33. The third-order valence-corrected chi connectivity index (χ3v) is 5.36. The Bertz CT molecular complexity index is 300. The van der Waals surface area contributed by atoms with Gasteiger partial charge < -0.3 is 10.6 Å². The first kappa shape index (κ1) is 13.4. The van der Waals surface area contributed by atoms with E-state index >= 15 is 0 Å². The predicted molar refractivity (Wildman–Crippen MR) is 76.9 cm³/mol. The number of fused-ring (bicyclic) bond motifs is 2. The van der Waals surface area contributed by atoms with Crippen molar-refractivity contribution < 1.29 is 4.79 Å². The van der Waals surface area contributed by atoms with Crippen molar-refractivity contribution in [2.24, 2.45) is 11.8 Å². The summed E-state index contributed by atoms with van der Waals surface area (Å²) in [5.41, 5.74) is 0. The largest absolute Gasteiger partial charge is 0.356 e. The third kappa shape index (κ3) is 3.71. The lowest BCUT2D eigenvalue weighted by molar-refractivity contribution is -0.122. The molecule has 0 radical (unpaired) electrons. The maximum Gasteiger partial charge on any atom is 0.220 e. The number of amides is 1. The van der Waals surface area contributed by atoms with Crippen molar-refractivity contribution in [2.75, 3.05) is 6.54 Å². The van der Waals surface area contributed by atoms with E-state index in [1.807, 2.05) is 0 Å². The van der Waals surface area contributed by atoms with E-state index in [4.69, 9.17) is 0 Å².